The molecule has 0 unspecified atom stereocenters. The molecule has 0 aliphatic carbocycles. The predicted octanol–water partition coefficient (Wildman–Crippen LogP) is 2.42. The van der Waals surface area contributed by atoms with E-state index in [0.717, 1.165) is 37.5 Å². The van der Waals surface area contributed by atoms with Gasteiger partial charge in [-0.15, -0.1) is 0 Å². The molecule has 1 saturated heterocycles. The smallest absolute Gasteiger partial charge is 0.224 e. The maximum absolute atomic E-state index is 12.7. The Balaban J connectivity index is 1.61. The van der Waals surface area contributed by atoms with E-state index in [4.69, 9.17) is 4.74 Å². The van der Waals surface area contributed by atoms with Gasteiger partial charge in [0, 0.05) is 38.1 Å². The molecule has 1 amide bonds. The number of carbonyl (C=O) groups excluding carboxylic acids is 1. The molecule has 28 heavy (non-hydrogen) atoms. The highest BCUT2D eigenvalue weighted by molar-refractivity contribution is 5.79. The summed E-state index contributed by atoms with van der Waals surface area (Å²) in [6, 6.07) is 18.4. The van der Waals surface area contributed by atoms with E-state index in [0.29, 0.717) is 12.3 Å². The Morgan fingerprint density at radius 3 is 2.57 bits per heavy atom. The van der Waals surface area contributed by atoms with Crippen LogP contribution in [0.25, 0.3) is 0 Å². The highest BCUT2D eigenvalue weighted by atomic mass is 16.5. The van der Waals surface area contributed by atoms with Gasteiger partial charge in [0.1, 0.15) is 5.75 Å². The third-order valence-electron chi connectivity index (χ3n) is 5.21. The second-order valence-corrected chi connectivity index (χ2v) is 7.90. The molecule has 0 spiro atoms. The third-order valence-corrected chi connectivity index (χ3v) is 5.21. The molecule has 150 valence electrons. The predicted molar refractivity (Wildman–Crippen MR) is 112 cm³/mol. The van der Waals surface area contributed by atoms with Crippen LogP contribution < -0.4 is 10.1 Å². The van der Waals surface area contributed by atoms with Gasteiger partial charge in [0.2, 0.25) is 5.91 Å². The van der Waals surface area contributed by atoms with Crippen LogP contribution in [0.5, 0.6) is 5.75 Å². The van der Waals surface area contributed by atoms with Gasteiger partial charge in [0.05, 0.1) is 13.5 Å². The van der Waals surface area contributed by atoms with Crippen molar-refractivity contribution in [3.63, 3.8) is 0 Å². The molecule has 0 aromatic heterocycles. The average molecular weight is 382 g/mol. The topological polar surface area (TPSA) is 44.8 Å². The van der Waals surface area contributed by atoms with Crippen LogP contribution in [0.4, 0.5) is 0 Å². The van der Waals surface area contributed by atoms with E-state index in [1.165, 1.54) is 5.56 Å². The first kappa shape index (κ1) is 20.4. The molecule has 2 atom stereocenters. The molecule has 2 aromatic rings. The number of amides is 1. The number of carbonyl (C=O) groups is 1. The van der Waals surface area contributed by atoms with Crippen LogP contribution in [0.15, 0.2) is 54.6 Å². The number of likely N-dealkylation sites (tertiary alicyclic amines) is 1. The lowest BCUT2D eigenvalue weighted by atomic mass is 10.0. The lowest BCUT2D eigenvalue weighted by Crippen LogP contribution is -2.43. The van der Waals surface area contributed by atoms with Crippen LogP contribution in [0.3, 0.4) is 0 Å². The summed E-state index contributed by atoms with van der Waals surface area (Å²) in [5.41, 5.74) is 2.29. The van der Waals surface area contributed by atoms with E-state index < -0.39 is 0 Å². The molecule has 1 heterocycles. The Morgan fingerprint density at radius 1 is 1.11 bits per heavy atom. The summed E-state index contributed by atoms with van der Waals surface area (Å²) in [5.74, 6) is 1.28. The molecule has 5 heteroatoms. The number of nitrogens with one attached hydrogen (secondary N) is 1. The van der Waals surface area contributed by atoms with E-state index in [2.05, 4.69) is 53.5 Å². The normalized spacial score (nSPS) is 19.7. The number of hydrogen-bond acceptors (Lipinski definition) is 4. The van der Waals surface area contributed by atoms with Crippen molar-refractivity contribution in [2.75, 3.05) is 40.8 Å². The largest absolute Gasteiger partial charge is 0.497 e. The monoisotopic (exact) mass is 381 g/mol. The molecular formula is C23H31N3O2. The van der Waals surface area contributed by atoms with Crippen molar-refractivity contribution in [3.8, 4) is 5.75 Å². The van der Waals surface area contributed by atoms with E-state index in [1.807, 2.05) is 30.3 Å². The van der Waals surface area contributed by atoms with Crippen LogP contribution in [-0.2, 0) is 17.8 Å². The molecule has 1 fully saturated rings. The van der Waals surface area contributed by atoms with Gasteiger partial charge in [-0.05, 0) is 37.4 Å². The van der Waals surface area contributed by atoms with Crippen molar-refractivity contribution in [3.05, 3.63) is 65.7 Å². The van der Waals surface area contributed by atoms with E-state index in [-0.39, 0.29) is 11.9 Å². The minimum atomic E-state index is 0.0728. The maximum atomic E-state index is 12.7. The van der Waals surface area contributed by atoms with Crippen molar-refractivity contribution in [2.24, 2.45) is 5.92 Å². The molecule has 0 bridgehead atoms. The summed E-state index contributed by atoms with van der Waals surface area (Å²) in [7, 11) is 5.83. The number of ether oxygens (including phenoxy) is 1. The standard InChI is InChI=1S/C23H31N3O2/c1-25(2)15-20-16-26(14-18-8-5-4-6-9-18)17-22(20)24-23(27)13-19-10-7-11-21(12-19)28-3/h4-12,20,22H,13-17H2,1-3H3,(H,24,27)/t20-,22-/m1/s1. The zero-order chi connectivity index (χ0) is 19.9. The molecular weight excluding hydrogens is 350 g/mol. The highest BCUT2D eigenvalue weighted by Gasteiger charge is 2.33. The second kappa shape index (κ2) is 9.71. The first-order valence-electron chi connectivity index (χ1n) is 9.87. The lowest BCUT2D eigenvalue weighted by Gasteiger charge is -2.23. The van der Waals surface area contributed by atoms with Crippen LogP contribution in [0.2, 0.25) is 0 Å². The Bertz CT molecular complexity index is 763. The number of rotatable bonds is 8. The van der Waals surface area contributed by atoms with Gasteiger partial charge in [-0.2, -0.15) is 0 Å². The SMILES string of the molecule is COc1cccc(CC(=O)N[C@@H]2CN(Cc3ccccc3)C[C@H]2CN(C)C)c1. The number of nitrogens with zero attached hydrogens (tertiary/aromatic N) is 2. The quantitative estimate of drug-likeness (QED) is 0.763. The van der Waals surface area contributed by atoms with Crippen molar-refractivity contribution < 1.29 is 9.53 Å². The fourth-order valence-electron chi connectivity index (χ4n) is 3.97. The number of benzene rings is 2. The van der Waals surface area contributed by atoms with Gasteiger partial charge in [0.25, 0.3) is 0 Å². The Hall–Kier alpha value is -2.37. The summed E-state index contributed by atoms with van der Waals surface area (Å²) < 4.78 is 5.26. The van der Waals surface area contributed by atoms with Crippen LogP contribution >= 0.6 is 0 Å². The van der Waals surface area contributed by atoms with Crippen molar-refractivity contribution in [1.82, 2.24) is 15.1 Å². The fraction of sp³-hybridized carbons (Fsp3) is 0.435. The average Bonchev–Trinajstić information content (AvgIpc) is 3.02. The Kier molecular flexibility index (Phi) is 7.06. The van der Waals surface area contributed by atoms with Gasteiger partial charge >= 0.3 is 0 Å². The van der Waals surface area contributed by atoms with Crippen molar-refractivity contribution in [1.29, 1.82) is 0 Å². The Morgan fingerprint density at radius 2 is 1.86 bits per heavy atom. The lowest BCUT2D eigenvalue weighted by molar-refractivity contribution is -0.121. The van der Waals surface area contributed by atoms with Crippen molar-refractivity contribution in [2.45, 2.75) is 19.0 Å². The van der Waals surface area contributed by atoms with Gasteiger partial charge in [-0.3, -0.25) is 9.69 Å². The Labute approximate surface area is 168 Å². The number of methoxy groups -OCH3 is 1. The molecule has 1 N–H and O–H groups in total. The summed E-state index contributed by atoms with van der Waals surface area (Å²) in [6.07, 6.45) is 0.376. The molecule has 2 aromatic carbocycles. The molecule has 3 rings (SSSR count). The van der Waals surface area contributed by atoms with Gasteiger partial charge in [-0.1, -0.05) is 42.5 Å². The maximum Gasteiger partial charge on any atom is 0.224 e. The first-order valence-corrected chi connectivity index (χ1v) is 9.87. The van der Waals surface area contributed by atoms with Crippen LogP contribution in [0, 0.1) is 5.92 Å². The molecule has 1 aliphatic heterocycles. The van der Waals surface area contributed by atoms with Gasteiger partial charge < -0.3 is 15.0 Å². The van der Waals surface area contributed by atoms with Crippen LogP contribution in [0.1, 0.15) is 11.1 Å². The van der Waals surface area contributed by atoms with E-state index in [1.54, 1.807) is 7.11 Å². The first-order chi connectivity index (χ1) is 13.5. The summed E-state index contributed by atoms with van der Waals surface area (Å²) >= 11 is 0. The van der Waals surface area contributed by atoms with Crippen LogP contribution in [-0.4, -0.2) is 62.6 Å². The summed E-state index contributed by atoms with van der Waals surface area (Å²) in [5, 5.41) is 3.29. The minimum Gasteiger partial charge on any atom is -0.497 e. The van der Waals surface area contributed by atoms with Crippen molar-refractivity contribution >= 4 is 5.91 Å². The molecule has 0 saturated carbocycles. The van der Waals surface area contributed by atoms with E-state index in [9.17, 15) is 4.79 Å². The summed E-state index contributed by atoms with van der Waals surface area (Å²) in [4.78, 5) is 17.3. The highest BCUT2D eigenvalue weighted by Crippen LogP contribution is 2.21. The van der Waals surface area contributed by atoms with Gasteiger partial charge in [0.15, 0.2) is 0 Å². The minimum absolute atomic E-state index is 0.0728. The number of hydrogen-bond donors (Lipinski definition) is 1. The second-order valence-electron chi connectivity index (χ2n) is 7.90. The summed E-state index contributed by atoms with van der Waals surface area (Å²) in [6.45, 7) is 3.77. The zero-order valence-corrected chi connectivity index (χ0v) is 17.1. The molecule has 1 aliphatic rings. The van der Waals surface area contributed by atoms with E-state index >= 15 is 0 Å². The fourth-order valence-corrected chi connectivity index (χ4v) is 3.97. The zero-order valence-electron chi connectivity index (χ0n) is 17.1. The molecule has 0 radical (unpaired) electrons. The van der Waals surface area contributed by atoms with Gasteiger partial charge in [-0.25, -0.2) is 0 Å². The third kappa shape index (κ3) is 5.81. The molecule has 5 nitrogen and oxygen atoms in total.